The predicted molar refractivity (Wildman–Crippen MR) is 106 cm³/mol. The number of hydrogen-bond donors (Lipinski definition) is 0. The van der Waals surface area contributed by atoms with Gasteiger partial charge in [-0.15, -0.1) is 0 Å². The van der Waals surface area contributed by atoms with Crippen LogP contribution in [0.2, 0.25) is 0 Å². The minimum atomic E-state index is -0.210. The van der Waals surface area contributed by atoms with E-state index in [1.165, 1.54) is 6.92 Å². The summed E-state index contributed by atoms with van der Waals surface area (Å²) < 4.78 is 0. The SMILES string of the molecule is C/C=C1C=C(/C=C(\C)C(=NC(C)=O)N2CCC(C#N)CC2)C=CC/1=NC. The second-order valence-electron chi connectivity index (χ2n) is 6.50. The summed E-state index contributed by atoms with van der Waals surface area (Å²) in [7, 11) is 1.78. The van der Waals surface area contributed by atoms with Crippen LogP contribution in [-0.2, 0) is 4.79 Å². The summed E-state index contributed by atoms with van der Waals surface area (Å²) in [6.07, 6.45) is 11.8. The van der Waals surface area contributed by atoms with E-state index in [9.17, 15) is 4.79 Å². The van der Waals surface area contributed by atoms with Crippen LogP contribution in [0.25, 0.3) is 0 Å². The molecule has 0 aromatic heterocycles. The number of rotatable bonds is 2. The minimum Gasteiger partial charge on any atom is -0.356 e. The van der Waals surface area contributed by atoms with Gasteiger partial charge in [-0.2, -0.15) is 10.3 Å². The molecule has 2 aliphatic rings. The van der Waals surface area contributed by atoms with Crippen molar-refractivity contribution in [1.82, 2.24) is 4.90 Å². The molecule has 0 saturated carbocycles. The number of carbonyl (C=O) groups excluding carboxylic acids is 1. The lowest BCUT2D eigenvalue weighted by atomic mass is 9.96. The first-order valence-corrected chi connectivity index (χ1v) is 8.94. The van der Waals surface area contributed by atoms with Crippen molar-refractivity contribution in [2.75, 3.05) is 20.1 Å². The van der Waals surface area contributed by atoms with Gasteiger partial charge in [0.15, 0.2) is 0 Å². The van der Waals surface area contributed by atoms with Crippen LogP contribution in [0.1, 0.15) is 33.6 Å². The number of nitriles is 1. The molecule has 5 heteroatoms. The maximum atomic E-state index is 11.6. The lowest BCUT2D eigenvalue weighted by molar-refractivity contribution is -0.115. The van der Waals surface area contributed by atoms with Gasteiger partial charge in [0.1, 0.15) is 5.84 Å². The molecule has 26 heavy (non-hydrogen) atoms. The van der Waals surface area contributed by atoms with E-state index in [2.05, 4.69) is 27.0 Å². The fourth-order valence-corrected chi connectivity index (χ4v) is 3.19. The highest BCUT2D eigenvalue weighted by molar-refractivity contribution is 6.12. The number of nitrogens with zero attached hydrogens (tertiary/aromatic N) is 4. The van der Waals surface area contributed by atoms with E-state index >= 15 is 0 Å². The normalized spacial score (nSPS) is 22.6. The van der Waals surface area contributed by atoms with Crippen molar-refractivity contribution >= 4 is 17.5 Å². The molecule has 1 aliphatic carbocycles. The van der Waals surface area contributed by atoms with E-state index < -0.39 is 0 Å². The largest absolute Gasteiger partial charge is 0.356 e. The van der Waals surface area contributed by atoms with Gasteiger partial charge in [0.05, 0.1) is 11.8 Å². The van der Waals surface area contributed by atoms with Crippen LogP contribution in [0.15, 0.2) is 57.1 Å². The molecule has 2 rings (SSSR count). The quantitative estimate of drug-likeness (QED) is 0.564. The van der Waals surface area contributed by atoms with Crippen molar-refractivity contribution in [2.24, 2.45) is 15.9 Å². The second-order valence-corrected chi connectivity index (χ2v) is 6.50. The van der Waals surface area contributed by atoms with Crippen molar-refractivity contribution in [3.63, 3.8) is 0 Å². The smallest absolute Gasteiger partial charge is 0.244 e. The summed E-state index contributed by atoms with van der Waals surface area (Å²) in [5, 5.41) is 9.08. The summed E-state index contributed by atoms with van der Waals surface area (Å²) in [6, 6.07) is 2.34. The predicted octanol–water partition coefficient (Wildman–Crippen LogP) is 3.63. The minimum absolute atomic E-state index is 0.0992. The molecule has 136 valence electrons. The fourth-order valence-electron chi connectivity index (χ4n) is 3.19. The number of amides is 1. The van der Waals surface area contributed by atoms with Gasteiger partial charge in [0.2, 0.25) is 5.91 Å². The monoisotopic (exact) mass is 350 g/mol. The Kier molecular flexibility index (Phi) is 6.85. The lowest BCUT2D eigenvalue weighted by Crippen LogP contribution is -2.39. The molecule has 0 unspecified atom stereocenters. The Morgan fingerprint density at radius 1 is 1.31 bits per heavy atom. The van der Waals surface area contributed by atoms with Gasteiger partial charge in [-0.1, -0.05) is 12.2 Å². The molecule has 1 fully saturated rings. The number of hydrogen-bond acceptors (Lipinski definition) is 3. The van der Waals surface area contributed by atoms with E-state index in [1.807, 2.05) is 38.2 Å². The maximum Gasteiger partial charge on any atom is 0.244 e. The molecule has 1 saturated heterocycles. The molecule has 1 heterocycles. The molecule has 0 N–H and O–H groups in total. The Morgan fingerprint density at radius 3 is 2.54 bits per heavy atom. The molecule has 5 nitrogen and oxygen atoms in total. The Balaban J connectivity index is 2.28. The first-order valence-electron chi connectivity index (χ1n) is 8.94. The van der Waals surface area contributed by atoms with Crippen LogP contribution >= 0.6 is 0 Å². The summed E-state index contributed by atoms with van der Waals surface area (Å²) in [6.45, 7) is 6.93. The molecule has 1 amide bonds. The Morgan fingerprint density at radius 2 is 2.00 bits per heavy atom. The van der Waals surface area contributed by atoms with Crippen LogP contribution in [0.4, 0.5) is 0 Å². The molecular formula is C21H26N4O. The lowest BCUT2D eigenvalue weighted by Gasteiger charge is -2.32. The number of carbonyl (C=O) groups is 1. The zero-order valence-electron chi connectivity index (χ0n) is 16.0. The molecular weight excluding hydrogens is 324 g/mol. The Bertz CT molecular complexity index is 779. The standard InChI is InChI=1S/C21H26N4O/c1-5-19-13-18(6-7-20(19)23-4)12-15(2)21(24-16(3)26)25-10-8-17(14-22)9-11-25/h5-7,12-13,17H,8-11H2,1-4H3/b15-12+,19-5-,23-20?,24-21?. The van der Waals surface area contributed by atoms with Crippen molar-refractivity contribution < 1.29 is 4.79 Å². The van der Waals surface area contributed by atoms with Gasteiger partial charge in [-0.25, -0.2) is 0 Å². The van der Waals surface area contributed by atoms with Gasteiger partial charge >= 0.3 is 0 Å². The van der Waals surface area contributed by atoms with Crippen LogP contribution in [0.5, 0.6) is 0 Å². The Labute approximate surface area is 155 Å². The molecule has 1 aliphatic heterocycles. The average molecular weight is 350 g/mol. The first-order chi connectivity index (χ1) is 12.5. The molecule has 0 spiro atoms. The zero-order valence-corrected chi connectivity index (χ0v) is 16.0. The first kappa shape index (κ1) is 19.6. The second kappa shape index (κ2) is 9.10. The molecule has 0 bridgehead atoms. The molecule has 0 radical (unpaired) electrons. The van der Waals surface area contributed by atoms with Crippen molar-refractivity contribution in [2.45, 2.75) is 33.6 Å². The third kappa shape index (κ3) is 4.89. The van der Waals surface area contributed by atoms with Crippen molar-refractivity contribution in [1.29, 1.82) is 5.26 Å². The molecule has 0 aromatic carbocycles. The van der Waals surface area contributed by atoms with Crippen molar-refractivity contribution in [3.8, 4) is 6.07 Å². The maximum absolute atomic E-state index is 11.6. The van der Waals surface area contributed by atoms with E-state index in [0.717, 1.165) is 48.4 Å². The number of allylic oxidation sites excluding steroid dienone is 7. The molecule has 0 aromatic rings. The zero-order chi connectivity index (χ0) is 19.1. The molecule has 0 atom stereocenters. The number of aliphatic imine (C=N–C) groups is 2. The van der Waals surface area contributed by atoms with Crippen LogP contribution in [0.3, 0.4) is 0 Å². The van der Waals surface area contributed by atoms with E-state index in [-0.39, 0.29) is 11.8 Å². The Hall–Kier alpha value is -2.74. The van der Waals surface area contributed by atoms with Crippen LogP contribution in [0, 0.1) is 17.2 Å². The van der Waals surface area contributed by atoms with Crippen molar-refractivity contribution in [3.05, 3.63) is 47.1 Å². The fraction of sp³-hybridized carbons (Fsp3) is 0.429. The third-order valence-corrected chi connectivity index (χ3v) is 4.58. The van der Waals surface area contributed by atoms with Gasteiger partial charge in [-0.05, 0) is 61.6 Å². The average Bonchev–Trinajstić information content (AvgIpc) is 2.65. The van der Waals surface area contributed by atoms with Gasteiger partial charge in [0, 0.05) is 33.0 Å². The summed E-state index contributed by atoms with van der Waals surface area (Å²) >= 11 is 0. The van der Waals surface area contributed by atoms with Gasteiger partial charge in [-0.3, -0.25) is 9.79 Å². The number of likely N-dealkylation sites (tertiary alicyclic amines) is 1. The number of piperidine rings is 1. The summed E-state index contributed by atoms with van der Waals surface area (Å²) in [5.41, 5.74) is 4.03. The van der Waals surface area contributed by atoms with E-state index in [0.29, 0.717) is 5.84 Å². The summed E-state index contributed by atoms with van der Waals surface area (Å²) in [5.74, 6) is 0.597. The van der Waals surface area contributed by atoms with E-state index in [1.54, 1.807) is 7.05 Å². The highest BCUT2D eigenvalue weighted by Crippen LogP contribution is 2.21. The van der Waals surface area contributed by atoms with Crippen LogP contribution in [-0.4, -0.2) is 42.5 Å². The van der Waals surface area contributed by atoms with Crippen LogP contribution < -0.4 is 0 Å². The van der Waals surface area contributed by atoms with E-state index in [4.69, 9.17) is 5.26 Å². The van der Waals surface area contributed by atoms with Gasteiger partial charge < -0.3 is 4.90 Å². The third-order valence-electron chi connectivity index (χ3n) is 4.58. The highest BCUT2D eigenvalue weighted by atomic mass is 16.1. The van der Waals surface area contributed by atoms with Gasteiger partial charge in [0.25, 0.3) is 0 Å². The summed E-state index contributed by atoms with van der Waals surface area (Å²) in [4.78, 5) is 22.3. The number of amidine groups is 1. The topological polar surface area (TPSA) is 68.8 Å². The highest BCUT2D eigenvalue weighted by Gasteiger charge is 2.22.